The summed E-state index contributed by atoms with van der Waals surface area (Å²) in [7, 11) is 0. The highest BCUT2D eigenvalue weighted by Crippen LogP contribution is 2.21. The zero-order valence-corrected chi connectivity index (χ0v) is 15.8. The average molecular weight is 396 g/mol. The highest BCUT2D eigenvalue weighted by Gasteiger charge is 2.22. The Hall–Kier alpha value is -3.53. The third-order valence-electron chi connectivity index (χ3n) is 4.54. The van der Waals surface area contributed by atoms with Gasteiger partial charge >= 0.3 is 0 Å². The van der Waals surface area contributed by atoms with Gasteiger partial charge in [0.05, 0.1) is 18.3 Å². The van der Waals surface area contributed by atoms with Crippen LogP contribution in [-0.4, -0.2) is 44.3 Å². The van der Waals surface area contributed by atoms with Crippen molar-refractivity contribution in [3.63, 3.8) is 0 Å². The predicted octanol–water partition coefficient (Wildman–Crippen LogP) is 1.77. The van der Waals surface area contributed by atoms with Crippen LogP contribution in [0.4, 0.5) is 5.69 Å². The van der Waals surface area contributed by atoms with E-state index in [0.717, 1.165) is 18.5 Å². The minimum Gasteiger partial charge on any atom is -0.444 e. The Balaban J connectivity index is 1.52. The van der Waals surface area contributed by atoms with Crippen LogP contribution >= 0.6 is 0 Å². The molecule has 10 heteroatoms. The smallest absolute Gasteiger partial charge is 0.277 e. The number of amides is 2. The molecule has 150 valence electrons. The SMILES string of the molecule is Cc1cc(-c2nc(C(=O)Nc3cn(C[C@@H]4CCCO4)nc3C(N)=O)co2)ccn1. The number of anilines is 1. The number of nitrogens with two attached hydrogens (primary N) is 1. The van der Waals surface area contributed by atoms with Crippen LogP contribution in [0.15, 0.2) is 35.2 Å². The number of carbonyl (C=O) groups excluding carboxylic acids is 2. The summed E-state index contributed by atoms with van der Waals surface area (Å²) in [5, 5.41) is 6.81. The standard InChI is InChI=1S/C19H20N6O4/c1-11-7-12(4-5-21-11)19-23-15(10-29-19)18(27)22-14-9-25(24-16(14)17(20)26)8-13-3-2-6-28-13/h4-5,7,9-10,13H,2-3,6,8H2,1H3,(H2,20,26)(H,22,27)/t13-/m0/s1. The average Bonchev–Trinajstić information content (AvgIpc) is 3.42. The van der Waals surface area contributed by atoms with E-state index >= 15 is 0 Å². The van der Waals surface area contributed by atoms with Gasteiger partial charge in [-0.1, -0.05) is 0 Å². The maximum atomic E-state index is 12.6. The summed E-state index contributed by atoms with van der Waals surface area (Å²) in [5.41, 5.74) is 7.17. The van der Waals surface area contributed by atoms with E-state index in [0.29, 0.717) is 24.6 Å². The molecular weight excluding hydrogens is 376 g/mol. The molecule has 0 saturated carbocycles. The van der Waals surface area contributed by atoms with Crippen LogP contribution in [0, 0.1) is 6.92 Å². The predicted molar refractivity (Wildman–Crippen MR) is 102 cm³/mol. The maximum absolute atomic E-state index is 12.6. The molecule has 0 bridgehead atoms. The Kier molecular flexibility index (Phi) is 5.09. The van der Waals surface area contributed by atoms with E-state index in [-0.39, 0.29) is 23.2 Å². The molecule has 29 heavy (non-hydrogen) atoms. The second kappa shape index (κ2) is 7.84. The Morgan fingerprint density at radius 2 is 2.28 bits per heavy atom. The summed E-state index contributed by atoms with van der Waals surface area (Å²) in [5.74, 6) is -0.978. The van der Waals surface area contributed by atoms with Gasteiger partial charge in [0, 0.05) is 30.3 Å². The molecule has 3 N–H and O–H groups in total. The monoisotopic (exact) mass is 396 g/mol. The molecule has 1 saturated heterocycles. The van der Waals surface area contributed by atoms with Crippen LogP contribution in [-0.2, 0) is 11.3 Å². The van der Waals surface area contributed by atoms with Gasteiger partial charge in [-0.05, 0) is 31.9 Å². The highest BCUT2D eigenvalue weighted by molar-refractivity contribution is 6.07. The highest BCUT2D eigenvalue weighted by atomic mass is 16.5. The molecule has 0 unspecified atom stereocenters. The molecular formula is C19H20N6O4. The number of rotatable bonds is 6. The molecule has 1 atom stereocenters. The molecule has 0 aromatic carbocycles. The summed E-state index contributed by atoms with van der Waals surface area (Å²) in [6, 6.07) is 3.54. The Labute approximate surface area is 166 Å². The fourth-order valence-corrected chi connectivity index (χ4v) is 3.16. The Morgan fingerprint density at radius 3 is 3.00 bits per heavy atom. The third kappa shape index (κ3) is 4.16. The topological polar surface area (TPSA) is 138 Å². The first-order valence-corrected chi connectivity index (χ1v) is 9.18. The molecule has 10 nitrogen and oxygen atoms in total. The van der Waals surface area contributed by atoms with E-state index in [2.05, 4.69) is 20.4 Å². The fourth-order valence-electron chi connectivity index (χ4n) is 3.16. The van der Waals surface area contributed by atoms with Gasteiger partial charge in [-0.15, -0.1) is 0 Å². The second-order valence-electron chi connectivity index (χ2n) is 6.79. The van der Waals surface area contributed by atoms with Gasteiger partial charge in [-0.25, -0.2) is 4.98 Å². The zero-order chi connectivity index (χ0) is 20.4. The lowest BCUT2D eigenvalue weighted by molar-refractivity contribution is 0.0927. The van der Waals surface area contributed by atoms with Gasteiger partial charge in [0.1, 0.15) is 6.26 Å². The molecule has 1 aliphatic heterocycles. The fraction of sp³-hybridized carbons (Fsp3) is 0.316. The van der Waals surface area contributed by atoms with Crippen molar-refractivity contribution >= 4 is 17.5 Å². The molecule has 4 rings (SSSR count). The van der Waals surface area contributed by atoms with Crippen molar-refractivity contribution in [3.05, 3.63) is 47.9 Å². The summed E-state index contributed by atoms with van der Waals surface area (Å²) >= 11 is 0. The number of carbonyl (C=O) groups is 2. The van der Waals surface area contributed by atoms with Gasteiger partial charge < -0.3 is 20.2 Å². The summed E-state index contributed by atoms with van der Waals surface area (Å²) in [6.45, 7) is 3.04. The van der Waals surface area contributed by atoms with Gasteiger partial charge in [0.15, 0.2) is 11.4 Å². The van der Waals surface area contributed by atoms with Crippen LogP contribution in [0.1, 0.15) is 39.5 Å². The van der Waals surface area contributed by atoms with Crippen molar-refractivity contribution in [2.45, 2.75) is 32.4 Å². The first-order chi connectivity index (χ1) is 14.0. The molecule has 0 radical (unpaired) electrons. The number of aryl methyl sites for hydroxylation is 1. The number of primary amides is 1. The zero-order valence-electron chi connectivity index (χ0n) is 15.8. The van der Waals surface area contributed by atoms with E-state index < -0.39 is 11.8 Å². The third-order valence-corrected chi connectivity index (χ3v) is 4.54. The lowest BCUT2D eigenvalue weighted by Gasteiger charge is -2.08. The van der Waals surface area contributed by atoms with Crippen LogP contribution < -0.4 is 11.1 Å². The number of hydrogen-bond donors (Lipinski definition) is 2. The van der Waals surface area contributed by atoms with Crippen LogP contribution in [0.3, 0.4) is 0 Å². The number of oxazole rings is 1. The Bertz CT molecular complexity index is 1050. The number of hydrogen-bond acceptors (Lipinski definition) is 7. The number of pyridine rings is 1. The lowest BCUT2D eigenvalue weighted by Crippen LogP contribution is -2.18. The number of ether oxygens (including phenoxy) is 1. The maximum Gasteiger partial charge on any atom is 0.277 e. The van der Waals surface area contributed by atoms with Gasteiger partial charge in [-0.3, -0.25) is 19.3 Å². The van der Waals surface area contributed by atoms with Crippen molar-refractivity contribution in [2.75, 3.05) is 11.9 Å². The van der Waals surface area contributed by atoms with Crippen molar-refractivity contribution in [1.82, 2.24) is 19.7 Å². The molecule has 0 aliphatic carbocycles. The van der Waals surface area contributed by atoms with Crippen molar-refractivity contribution in [3.8, 4) is 11.5 Å². The molecule has 4 heterocycles. The van der Waals surface area contributed by atoms with Gasteiger partial charge in [0.2, 0.25) is 5.89 Å². The largest absolute Gasteiger partial charge is 0.444 e. The van der Waals surface area contributed by atoms with Crippen molar-refractivity contribution < 1.29 is 18.7 Å². The van der Waals surface area contributed by atoms with Crippen LogP contribution in [0.2, 0.25) is 0 Å². The number of nitrogens with zero attached hydrogens (tertiary/aromatic N) is 4. The van der Waals surface area contributed by atoms with E-state index in [1.807, 2.05) is 6.92 Å². The van der Waals surface area contributed by atoms with Gasteiger partial charge in [0.25, 0.3) is 11.8 Å². The van der Waals surface area contributed by atoms with E-state index in [4.69, 9.17) is 14.9 Å². The minimum atomic E-state index is -0.737. The van der Waals surface area contributed by atoms with Crippen LogP contribution in [0.25, 0.3) is 11.5 Å². The number of aromatic nitrogens is 4. The van der Waals surface area contributed by atoms with Crippen molar-refractivity contribution in [2.24, 2.45) is 5.73 Å². The Morgan fingerprint density at radius 1 is 1.41 bits per heavy atom. The molecule has 1 fully saturated rings. The quantitative estimate of drug-likeness (QED) is 0.647. The summed E-state index contributed by atoms with van der Waals surface area (Å²) in [6.07, 6.45) is 6.39. The molecule has 3 aromatic heterocycles. The van der Waals surface area contributed by atoms with Crippen molar-refractivity contribution in [1.29, 1.82) is 0 Å². The number of nitrogens with one attached hydrogen (secondary N) is 1. The van der Waals surface area contributed by atoms with Crippen LogP contribution in [0.5, 0.6) is 0 Å². The normalized spacial score (nSPS) is 16.1. The first-order valence-electron chi connectivity index (χ1n) is 9.18. The summed E-state index contributed by atoms with van der Waals surface area (Å²) in [4.78, 5) is 32.7. The lowest BCUT2D eigenvalue weighted by atomic mass is 10.2. The summed E-state index contributed by atoms with van der Waals surface area (Å²) < 4.78 is 12.5. The van der Waals surface area contributed by atoms with E-state index in [1.54, 1.807) is 29.2 Å². The molecule has 3 aromatic rings. The first kappa shape index (κ1) is 18.8. The second-order valence-corrected chi connectivity index (χ2v) is 6.79. The van der Waals surface area contributed by atoms with Gasteiger partial charge in [-0.2, -0.15) is 5.10 Å². The molecule has 1 aliphatic rings. The minimum absolute atomic E-state index is 0.0233. The molecule has 2 amide bonds. The van der Waals surface area contributed by atoms with E-state index in [1.165, 1.54) is 6.26 Å². The molecule has 0 spiro atoms. The van der Waals surface area contributed by atoms with E-state index in [9.17, 15) is 9.59 Å².